The Balaban J connectivity index is 2.34. The van der Waals surface area contributed by atoms with Gasteiger partial charge < -0.3 is 0 Å². The summed E-state index contributed by atoms with van der Waals surface area (Å²) < 4.78 is -2.60. The van der Waals surface area contributed by atoms with Crippen molar-refractivity contribution in [2.75, 3.05) is 6.16 Å². The fraction of sp³-hybridized carbons (Fsp3) is 0.130. The van der Waals surface area contributed by atoms with Crippen LogP contribution in [0.5, 0.6) is 0 Å². The molecule has 3 aromatic rings. The zero-order valence-electron chi connectivity index (χ0n) is 14.2. The molecule has 0 saturated carbocycles. The standard InChI is InChI=1S/C23H22IP/c1-2-3-13-20-25(24,21-14-7-4-8-15-21,22-16-9-5-10-17-22)23-18-11-6-12-19-23/h1,4-12,14-19H,3,13,20H2. The fourth-order valence-corrected chi connectivity index (χ4v) is 12.2. The second kappa shape index (κ2) is 7.73. The molecule has 0 unspecified atom stereocenters. The van der Waals surface area contributed by atoms with Crippen molar-refractivity contribution in [3.05, 3.63) is 91.0 Å². The van der Waals surface area contributed by atoms with Crippen LogP contribution in [0, 0.1) is 12.3 Å². The Morgan fingerprint density at radius 1 is 0.680 bits per heavy atom. The first-order valence-corrected chi connectivity index (χ1v) is 13.7. The van der Waals surface area contributed by atoms with Gasteiger partial charge in [-0.3, -0.25) is 0 Å². The van der Waals surface area contributed by atoms with Gasteiger partial charge in [0.05, 0.1) is 0 Å². The minimum atomic E-state index is -2.60. The van der Waals surface area contributed by atoms with Gasteiger partial charge in [0.15, 0.2) is 0 Å². The topological polar surface area (TPSA) is 0 Å². The van der Waals surface area contributed by atoms with Crippen molar-refractivity contribution in [2.45, 2.75) is 12.8 Å². The Bertz CT molecular complexity index is 751. The number of rotatable bonds is 6. The summed E-state index contributed by atoms with van der Waals surface area (Å²) in [6, 6.07) is 33.0. The summed E-state index contributed by atoms with van der Waals surface area (Å²) in [4.78, 5) is 0. The van der Waals surface area contributed by atoms with Gasteiger partial charge in [-0.2, -0.15) is 0 Å². The minimum absolute atomic E-state index is 0.813. The predicted molar refractivity (Wildman–Crippen MR) is 122 cm³/mol. The Kier molecular flexibility index (Phi) is 5.62. The molecule has 126 valence electrons. The van der Waals surface area contributed by atoms with Crippen molar-refractivity contribution in [3.63, 3.8) is 0 Å². The normalized spacial score (nSPS) is 12.7. The number of halogens is 1. The van der Waals surface area contributed by atoms with Crippen molar-refractivity contribution in [1.82, 2.24) is 0 Å². The Morgan fingerprint density at radius 2 is 1.04 bits per heavy atom. The average Bonchev–Trinajstić information content (AvgIpc) is 2.70. The van der Waals surface area contributed by atoms with Crippen LogP contribution in [-0.4, -0.2) is 6.16 Å². The van der Waals surface area contributed by atoms with Crippen LogP contribution in [0.25, 0.3) is 0 Å². The molecule has 0 saturated heterocycles. The Hall–Kier alpha value is -1.62. The molecule has 0 heterocycles. The van der Waals surface area contributed by atoms with Gasteiger partial charge in [0.25, 0.3) is 0 Å². The van der Waals surface area contributed by atoms with E-state index in [1.165, 1.54) is 15.9 Å². The molecule has 2 heteroatoms. The summed E-state index contributed by atoms with van der Waals surface area (Å²) in [5, 5.41) is 4.26. The van der Waals surface area contributed by atoms with Gasteiger partial charge in [-0.1, -0.05) is 0 Å². The molecule has 3 rings (SSSR count). The van der Waals surface area contributed by atoms with Gasteiger partial charge in [0, 0.05) is 0 Å². The third-order valence-electron chi connectivity index (χ3n) is 4.78. The molecule has 0 spiro atoms. The van der Waals surface area contributed by atoms with Crippen molar-refractivity contribution in [2.24, 2.45) is 0 Å². The van der Waals surface area contributed by atoms with E-state index in [2.05, 4.69) is 119 Å². The zero-order valence-corrected chi connectivity index (χ0v) is 17.2. The molecule has 0 radical (unpaired) electrons. The summed E-state index contributed by atoms with van der Waals surface area (Å²) in [5.41, 5.74) is 0. The molecule has 25 heavy (non-hydrogen) atoms. The second-order valence-electron chi connectivity index (χ2n) is 6.22. The van der Waals surface area contributed by atoms with Crippen LogP contribution in [-0.2, 0) is 0 Å². The first kappa shape index (κ1) is 18.2. The summed E-state index contributed by atoms with van der Waals surface area (Å²) in [7, 11) is 0. The van der Waals surface area contributed by atoms with E-state index in [0.717, 1.165) is 19.0 Å². The van der Waals surface area contributed by atoms with Crippen LogP contribution in [0.1, 0.15) is 12.8 Å². The number of benzene rings is 3. The Labute approximate surface area is 164 Å². The first-order valence-electron chi connectivity index (χ1n) is 8.53. The van der Waals surface area contributed by atoms with Gasteiger partial charge in [0.1, 0.15) is 0 Å². The van der Waals surface area contributed by atoms with Crippen LogP contribution in [0.3, 0.4) is 0 Å². The number of hydrogen-bond donors (Lipinski definition) is 0. The quantitative estimate of drug-likeness (QED) is 0.205. The van der Waals surface area contributed by atoms with E-state index in [1.807, 2.05) is 0 Å². The van der Waals surface area contributed by atoms with E-state index in [1.54, 1.807) is 0 Å². The SMILES string of the molecule is C#CCCCP(I)(c1ccccc1)(c1ccccc1)c1ccccc1. The van der Waals surface area contributed by atoms with E-state index in [-0.39, 0.29) is 0 Å². The van der Waals surface area contributed by atoms with E-state index in [9.17, 15) is 0 Å². The molecule has 0 aliphatic carbocycles. The second-order valence-corrected chi connectivity index (χ2v) is 17.0. The Morgan fingerprint density at radius 3 is 1.36 bits per heavy atom. The third-order valence-corrected chi connectivity index (χ3v) is 16.5. The van der Waals surface area contributed by atoms with E-state index < -0.39 is 4.25 Å². The third kappa shape index (κ3) is 3.26. The van der Waals surface area contributed by atoms with Crippen molar-refractivity contribution in [3.8, 4) is 12.3 Å². The maximum absolute atomic E-state index is 5.58. The van der Waals surface area contributed by atoms with E-state index in [0.29, 0.717) is 0 Å². The van der Waals surface area contributed by atoms with Crippen LogP contribution in [0.4, 0.5) is 0 Å². The molecular weight excluding hydrogens is 434 g/mol. The maximum atomic E-state index is 5.58. The number of hydrogen-bond acceptors (Lipinski definition) is 0. The molecule has 0 N–H and O–H groups in total. The van der Waals surface area contributed by atoms with Crippen LogP contribution in [0.2, 0.25) is 0 Å². The molecular formula is C23H22IP. The summed E-state index contributed by atoms with van der Waals surface area (Å²) in [5.74, 6) is 2.83. The molecule has 0 nitrogen and oxygen atoms in total. The van der Waals surface area contributed by atoms with Crippen LogP contribution < -0.4 is 15.9 Å². The van der Waals surface area contributed by atoms with Gasteiger partial charge in [0.2, 0.25) is 0 Å². The average molecular weight is 456 g/mol. The number of terminal acetylenes is 1. The van der Waals surface area contributed by atoms with Crippen LogP contribution >= 0.6 is 26.3 Å². The summed E-state index contributed by atoms with van der Waals surface area (Å²) in [6.07, 6.45) is 8.49. The van der Waals surface area contributed by atoms with Gasteiger partial charge in [-0.05, 0) is 0 Å². The fourth-order valence-electron chi connectivity index (χ4n) is 3.53. The number of unbranched alkanes of at least 4 members (excludes halogenated alkanes) is 1. The van der Waals surface area contributed by atoms with Crippen molar-refractivity contribution < 1.29 is 0 Å². The first-order chi connectivity index (χ1) is 12.2. The summed E-state index contributed by atoms with van der Waals surface area (Å²) >= 11 is 2.81. The molecule has 0 aliphatic rings. The van der Waals surface area contributed by atoms with Crippen molar-refractivity contribution in [1.29, 1.82) is 0 Å². The molecule has 0 amide bonds. The molecule has 3 aromatic carbocycles. The van der Waals surface area contributed by atoms with Crippen LogP contribution in [0.15, 0.2) is 91.0 Å². The van der Waals surface area contributed by atoms with Crippen molar-refractivity contribution >= 4 is 42.2 Å². The van der Waals surface area contributed by atoms with E-state index >= 15 is 0 Å². The molecule has 0 aromatic heterocycles. The zero-order chi connectivity index (χ0) is 17.6. The van der Waals surface area contributed by atoms with Gasteiger partial charge >= 0.3 is 165 Å². The predicted octanol–water partition coefficient (Wildman–Crippen LogP) is 5.28. The molecule has 0 atom stereocenters. The van der Waals surface area contributed by atoms with E-state index in [4.69, 9.17) is 6.42 Å². The van der Waals surface area contributed by atoms with Gasteiger partial charge in [-0.25, -0.2) is 0 Å². The monoisotopic (exact) mass is 456 g/mol. The molecule has 0 bridgehead atoms. The van der Waals surface area contributed by atoms with Gasteiger partial charge in [-0.15, -0.1) is 0 Å². The summed E-state index contributed by atoms with van der Waals surface area (Å²) in [6.45, 7) is 0. The molecule has 0 aliphatic heterocycles. The molecule has 0 fully saturated rings.